The maximum absolute atomic E-state index is 12.0. The predicted octanol–water partition coefficient (Wildman–Crippen LogP) is 2.39. The van der Waals surface area contributed by atoms with Crippen molar-refractivity contribution in [2.75, 3.05) is 13.6 Å². The van der Waals surface area contributed by atoms with Crippen molar-refractivity contribution in [1.82, 2.24) is 14.9 Å². The standard InChI is InChI=1S/C17H19ClN4O/c1-13(3-4-14-7-8-20-10-14)9-21-17(23)12-22-11-15(18)5-6-16(22)19-2/h3-8,10-11,20H,1,9,12H2,2H3,(H,21,23)/b4-3-,19-16-. The first kappa shape index (κ1) is 16.8. The van der Waals surface area contributed by atoms with E-state index in [1.165, 1.54) is 0 Å². The van der Waals surface area contributed by atoms with Gasteiger partial charge in [0.2, 0.25) is 5.91 Å². The number of rotatable bonds is 6. The average molecular weight is 331 g/mol. The summed E-state index contributed by atoms with van der Waals surface area (Å²) in [5.41, 5.74) is 2.56. The molecule has 0 spiro atoms. The van der Waals surface area contributed by atoms with E-state index in [-0.39, 0.29) is 12.5 Å². The van der Waals surface area contributed by atoms with Crippen LogP contribution >= 0.6 is 11.6 Å². The van der Waals surface area contributed by atoms with E-state index in [1.807, 2.05) is 30.6 Å². The van der Waals surface area contributed by atoms with E-state index in [2.05, 4.69) is 21.9 Å². The van der Waals surface area contributed by atoms with Crippen LogP contribution in [-0.2, 0) is 11.3 Å². The van der Waals surface area contributed by atoms with Gasteiger partial charge in [-0.1, -0.05) is 30.3 Å². The second-order valence-corrected chi connectivity index (χ2v) is 5.41. The van der Waals surface area contributed by atoms with Crippen LogP contribution in [0.3, 0.4) is 0 Å². The molecule has 0 atom stereocenters. The summed E-state index contributed by atoms with van der Waals surface area (Å²) >= 11 is 5.95. The van der Waals surface area contributed by atoms with Crippen LogP contribution in [-0.4, -0.2) is 29.1 Å². The lowest BCUT2D eigenvalue weighted by molar-refractivity contribution is -0.121. The molecule has 23 heavy (non-hydrogen) atoms. The number of carbonyl (C=O) groups is 1. The van der Waals surface area contributed by atoms with Gasteiger partial charge in [-0.25, -0.2) is 0 Å². The molecule has 120 valence electrons. The van der Waals surface area contributed by atoms with Gasteiger partial charge in [0.25, 0.3) is 0 Å². The monoisotopic (exact) mass is 330 g/mol. The topological polar surface area (TPSA) is 62.2 Å². The van der Waals surface area contributed by atoms with Crippen LogP contribution in [0.15, 0.2) is 60.0 Å². The van der Waals surface area contributed by atoms with Gasteiger partial charge in [0.1, 0.15) is 12.0 Å². The zero-order valence-electron chi connectivity index (χ0n) is 12.9. The molecule has 0 aliphatic carbocycles. The molecular weight excluding hydrogens is 312 g/mol. The molecule has 0 aliphatic heterocycles. The third-order valence-corrected chi connectivity index (χ3v) is 3.38. The van der Waals surface area contributed by atoms with Gasteiger partial charge in [-0.3, -0.25) is 9.79 Å². The van der Waals surface area contributed by atoms with Gasteiger partial charge in [0.15, 0.2) is 0 Å². The molecule has 0 bridgehead atoms. The van der Waals surface area contributed by atoms with Gasteiger partial charge in [-0.05, 0) is 29.3 Å². The molecule has 0 radical (unpaired) electrons. The summed E-state index contributed by atoms with van der Waals surface area (Å²) in [7, 11) is 1.67. The lowest BCUT2D eigenvalue weighted by Crippen LogP contribution is -2.33. The molecule has 5 nitrogen and oxygen atoms in total. The first-order valence-corrected chi connectivity index (χ1v) is 7.50. The molecule has 0 unspecified atom stereocenters. The summed E-state index contributed by atoms with van der Waals surface area (Å²) in [5.74, 6) is -0.127. The maximum Gasteiger partial charge on any atom is 0.240 e. The Bertz CT molecular complexity index is 772. The molecule has 0 saturated heterocycles. The van der Waals surface area contributed by atoms with E-state index >= 15 is 0 Å². The van der Waals surface area contributed by atoms with E-state index in [0.717, 1.165) is 11.1 Å². The van der Waals surface area contributed by atoms with Crippen molar-refractivity contribution >= 4 is 23.6 Å². The first-order chi connectivity index (χ1) is 11.1. The van der Waals surface area contributed by atoms with Gasteiger partial charge < -0.3 is 14.9 Å². The molecular formula is C17H19ClN4O. The molecule has 2 aromatic heterocycles. The molecule has 1 amide bonds. The number of hydrogen-bond acceptors (Lipinski definition) is 2. The van der Waals surface area contributed by atoms with Gasteiger partial charge in [-0.2, -0.15) is 0 Å². The molecule has 2 heterocycles. The van der Waals surface area contributed by atoms with Crippen molar-refractivity contribution in [1.29, 1.82) is 0 Å². The number of nitrogens with zero attached hydrogens (tertiary/aromatic N) is 2. The van der Waals surface area contributed by atoms with Crippen LogP contribution < -0.4 is 10.8 Å². The fourth-order valence-corrected chi connectivity index (χ4v) is 2.15. The van der Waals surface area contributed by atoms with Crippen molar-refractivity contribution in [3.05, 3.63) is 71.1 Å². The number of nitrogens with one attached hydrogen (secondary N) is 2. The van der Waals surface area contributed by atoms with Crippen LogP contribution in [0.1, 0.15) is 5.56 Å². The van der Waals surface area contributed by atoms with Gasteiger partial charge in [0.05, 0.1) is 5.02 Å². The van der Waals surface area contributed by atoms with Crippen LogP contribution in [0, 0.1) is 0 Å². The Morgan fingerprint density at radius 2 is 2.30 bits per heavy atom. The molecule has 2 rings (SSSR count). The molecule has 0 fully saturated rings. The van der Waals surface area contributed by atoms with Crippen LogP contribution in [0.4, 0.5) is 0 Å². The molecule has 2 N–H and O–H groups in total. The van der Waals surface area contributed by atoms with E-state index in [4.69, 9.17) is 11.6 Å². The summed E-state index contributed by atoms with van der Waals surface area (Å²) in [5, 5.41) is 3.39. The zero-order chi connectivity index (χ0) is 16.7. The van der Waals surface area contributed by atoms with Gasteiger partial charge >= 0.3 is 0 Å². The van der Waals surface area contributed by atoms with Gasteiger partial charge in [0, 0.05) is 32.2 Å². The van der Waals surface area contributed by atoms with Crippen molar-refractivity contribution in [2.45, 2.75) is 6.54 Å². The Morgan fingerprint density at radius 3 is 3.00 bits per heavy atom. The third-order valence-electron chi connectivity index (χ3n) is 3.15. The smallest absolute Gasteiger partial charge is 0.240 e. The fraction of sp³-hybridized carbons (Fsp3) is 0.176. The van der Waals surface area contributed by atoms with Crippen LogP contribution in [0.25, 0.3) is 6.08 Å². The summed E-state index contributed by atoms with van der Waals surface area (Å²) in [4.78, 5) is 19.1. The summed E-state index contributed by atoms with van der Waals surface area (Å²) in [6.45, 7) is 4.47. The SMILES string of the molecule is C=C(/C=C\c1cc[nH]c1)CNC(=O)Cn1cc(Cl)cc/c1=N/C. The molecule has 2 aromatic rings. The summed E-state index contributed by atoms with van der Waals surface area (Å²) in [6, 6.07) is 5.47. The van der Waals surface area contributed by atoms with Crippen molar-refractivity contribution in [2.24, 2.45) is 4.99 Å². The maximum atomic E-state index is 12.0. The number of H-pyrrole nitrogens is 1. The highest BCUT2D eigenvalue weighted by molar-refractivity contribution is 6.30. The lowest BCUT2D eigenvalue weighted by atomic mass is 10.2. The van der Waals surface area contributed by atoms with Crippen LogP contribution in [0.5, 0.6) is 0 Å². The Labute approximate surface area is 140 Å². The minimum atomic E-state index is -0.127. The summed E-state index contributed by atoms with van der Waals surface area (Å²) < 4.78 is 1.70. The number of pyridine rings is 1. The lowest BCUT2D eigenvalue weighted by Gasteiger charge is -2.09. The Kier molecular flexibility index (Phi) is 6.00. The van der Waals surface area contributed by atoms with E-state index in [9.17, 15) is 4.79 Å². The number of amides is 1. The number of halogens is 1. The van der Waals surface area contributed by atoms with Crippen LogP contribution in [0.2, 0.25) is 5.02 Å². The largest absolute Gasteiger partial charge is 0.367 e. The molecule has 0 aliphatic rings. The minimum absolute atomic E-state index is 0.127. The zero-order valence-corrected chi connectivity index (χ0v) is 13.7. The highest BCUT2D eigenvalue weighted by atomic mass is 35.5. The fourth-order valence-electron chi connectivity index (χ4n) is 1.97. The Morgan fingerprint density at radius 1 is 1.48 bits per heavy atom. The highest BCUT2D eigenvalue weighted by Crippen LogP contribution is 2.04. The summed E-state index contributed by atoms with van der Waals surface area (Å²) in [6.07, 6.45) is 9.23. The number of hydrogen-bond donors (Lipinski definition) is 2. The molecule has 6 heteroatoms. The third kappa shape index (κ3) is 5.30. The number of aromatic amines is 1. The quantitative estimate of drug-likeness (QED) is 0.785. The Hall–Kier alpha value is -2.53. The van der Waals surface area contributed by atoms with Crippen molar-refractivity contribution < 1.29 is 4.79 Å². The molecule has 0 aromatic carbocycles. The van der Waals surface area contributed by atoms with Crippen molar-refractivity contribution in [3.63, 3.8) is 0 Å². The molecule has 0 saturated carbocycles. The Balaban J connectivity index is 1.88. The average Bonchev–Trinajstić information content (AvgIpc) is 3.04. The second-order valence-electron chi connectivity index (χ2n) is 4.97. The van der Waals surface area contributed by atoms with E-state index in [1.54, 1.807) is 29.9 Å². The normalized spacial score (nSPS) is 11.8. The van der Waals surface area contributed by atoms with Crippen molar-refractivity contribution in [3.8, 4) is 0 Å². The number of carbonyl (C=O) groups excluding carboxylic acids is 1. The first-order valence-electron chi connectivity index (χ1n) is 7.12. The second kappa shape index (κ2) is 8.19. The highest BCUT2D eigenvalue weighted by Gasteiger charge is 2.04. The van der Waals surface area contributed by atoms with E-state index in [0.29, 0.717) is 17.1 Å². The van der Waals surface area contributed by atoms with E-state index < -0.39 is 0 Å². The number of aromatic nitrogens is 2. The van der Waals surface area contributed by atoms with Gasteiger partial charge in [-0.15, -0.1) is 0 Å². The predicted molar refractivity (Wildman–Crippen MR) is 92.9 cm³/mol. The minimum Gasteiger partial charge on any atom is -0.367 e.